The first-order valence-corrected chi connectivity index (χ1v) is 34.3. The number of amidine groups is 1. The Balaban J connectivity index is 0.000000142. The van der Waals surface area contributed by atoms with E-state index >= 15 is 0 Å². The number of nitriles is 3. The Kier molecular flexibility index (Phi) is 21.3. The van der Waals surface area contributed by atoms with Crippen molar-refractivity contribution in [3.05, 3.63) is 214 Å². The van der Waals surface area contributed by atoms with E-state index in [0.717, 1.165) is 87.7 Å². The fraction of sp³-hybridized carbons (Fsp3) is 0.405. The first-order chi connectivity index (χ1) is 48.0. The summed E-state index contributed by atoms with van der Waals surface area (Å²) in [5.74, 6) is 2.87. The van der Waals surface area contributed by atoms with Crippen LogP contribution in [0.1, 0.15) is 192 Å². The van der Waals surface area contributed by atoms with Gasteiger partial charge in [-0.25, -0.2) is 14.4 Å². The van der Waals surface area contributed by atoms with Crippen LogP contribution in [0.3, 0.4) is 0 Å². The maximum atomic E-state index is 13.4. The molecule has 100 heavy (non-hydrogen) atoms. The highest BCUT2D eigenvalue weighted by Gasteiger charge is 2.54. The van der Waals surface area contributed by atoms with Gasteiger partial charge in [0.25, 0.3) is 11.8 Å². The maximum Gasteiger partial charge on any atom is 0.410 e. The van der Waals surface area contributed by atoms with Gasteiger partial charge < -0.3 is 49.7 Å². The Hall–Kier alpha value is -10.7. The predicted molar refractivity (Wildman–Crippen MR) is 374 cm³/mol. The number of carboxylic acids is 1. The van der Waals surface area contributed by atoms with Crippen LogP contribution in [0.2, 0.25) is 0 Å². The number of nitrogens with one attached hydrogen (secondary N) is 1. The highest BCUT2D eigenvalue weighted by molar-refractivity contribution is 5.88. The lowest BCUT2D eigenvalue weighted by Gasteiger charge is -2.44. The van der Waals surface area contributed by atoms with Crippen LogP contribution in [0.5, 0.6) is 0 Å². The Morgan fingerprint density at radius 3 is 1.31 bits per heavy atom. The summed E-state index contributed by atoms with van der Waals surface area (Å²) in [6, 6.07) is 58.3. The van der Waals surface area contributed by atoms with Crippen molar-refractivity contribution in [1.29, 1.82) is 15.8 Å². The Bertz CT molecular complexity index is 4270. The van der Waals surface area contributed by atoms with Gasteiger partial charge in [0.05, 0.1) is 45.9 Å². The molecule has 2 amide bonds. The molecule has 6 aromatic carbocycles. The molecule has 14 rings (SSSR count). The first kappa shape index (κ1) is 70.6. The van der Waals surface area contributed by atoms with Gasteiger partial charge in [0.1, 0.15) is 17.0 Å². The van der Waals surface area contributed by atoms with Crippen molar-refractivity contribution in [2.75, 3.05) is 19.6 Å². The predicted octanol–water partition coefficient (Wildman–Crippen LogP) is 15.0. The van der Waals surface area contributed by atoms with Crippen LogP contribution in [0, 0.1) is 39.4 Å². The number of aromatic nitrogens is 4. The summed E-state index contributed by atoms with van der Waals surface area (Å²) in [5, 5.41) is 59.7. The highest BCUT2D eigenvalue weighted by Crippen LogP contribution is 2.52. The van der Waals surface area contributed by atoms with Crippen molar-refractivity contribution in [2.45, 2.75) is 177 Å². The van der Waals surface area contributed by atoms with E-state index < -0.39 is 22.6 Å². The number of benzene rings is 6. The average molecular weight is 1350 g/mol. The third kappa shape index (κ3) is 17.1. The number of rotatable bonds is 18. The van der Waals surface area contributed by atoms with Crippen molar-refractivity contribution in [3.8, 4) is 41.1 Å². The second-order valence-electron chi connectivity index (χ2n) is 29.2. The van der Waals surface area contributed by atoms with E-state index in [9.17, 15) is 19.6 Å². The van der Waals surface area contributed by atoms with Crippen molar-refractivity contribution in [2.24, 2.45) is 16.3 Å². The molecular weight excluding hydrogens is 1260 g/mol. The zero-order valence-electron chi connectivity index (χ0n) is 57.5. The standard InChI is InChI=1S/C28H30N4O3.C23H22N4O.C20H29N3O3.C8H5NO2/c1-27(2,3)34-26(33)32(23-16-22(23)20-8-5-4-6-9-20)18-28(14-7-15-28)25-30-24(35-31-25)21-12-10-19(17-29)11-13-21;24-14-16-7-9-18(10-8-16)21-26-22(27-28-21)23(11-4-12-23)15-25-20-13-19(20)17-5-2-1-3-6-17;1-19(2,3)26-18(24)23(13-20(10-7-11-20)17(21)22-25)16-12-15(16)14-8-5-4-6-9-14;9-5-6-1-3-7(4-2-6)8(10)11/h4-6,8-13,22-23H,7,14-16,18H2,1-3H3;1-3,5-10,19-20,25H,4,11-13,15H2;4-6,8-9,15-16,25H,7,10-13H2,1-3H3,(H2,21,22);1-4H,(H,10,11)/t22?,23-;19?,20-;15?,16-;/m000./s1. The molecule has 6 saturated carbocycles. The zero-order chi connectivity index (χ0) is 70.8. The number of amides is 2. The molecule has 2 aromatic heterocycles. The monoisotopic (exact) mass is 1350 g/mol. The van der Waals surface area contributed by atoms with Gasteiger partial charge in [0.15, 0.2) is 11.6 Å². The number of carbonyl (C=O) groups is 3. The molecule has 21 nitrogen and oxygen atoms in total. The summed E-state index contributed by atoms with van der Waals surface area (Å²) in [5.41, 5.74) is 11.4. The lowest BCUT2D eigenvalue weighted by molar-refractivity contribution is 0.0110. The lowest BCUT2D eigenvalue weighted by atomic mass is 9.67. The molecular formula is C79H86N12O9. The molecule has 6 aliphatic carbocycles. The summed E-state index contributed by atoms with van der Waals surface area (Å²) in [6.07, 6.45) is 11.3. The molecule has 3 unspecified atom stereocenters. The smallest absolute Gasteiger partial charge is 0.410 e. The van der Waals surface area contributed by atoms with Gasteiger partial charge in [-0.1, -0.05) is 126 Å². The van der Waals surface area contributed by atoms with Gasteiger partial charge in [-0.3, -0.25) is 0 Å². The number of hydrogen-bond acceptors (Lipinski definition) is 17. The van der Waals surface area contributed by atoms with Gasteiger partial charge in [0.2, 0.25) is 0 Å². The minimum absolute atomic E-state index is 0.0157. The molecule has 5 N–H and O–H groups in total. The molecule has 6 atom stereocenters. The molecule has 0 aliphatic heterocycles. The third-order valence-corrected chi connectivity index (χ3v) is 19.9. The SMILES string of the molecule is CC(C)(C)OC(=O)N(CC1(C(N)=NO)CCC1)[C@H]1CC1c1ccccc1.CC(C)(C)OC(=O)N(CC1(c2noc(-c3ccc(C#N)cc3)n2)CCC1)[C@H]1CC1c1ccccc1.N#Cc1ccc(-c2nc(C3(CN[C@H]4CC4c4ccccc4)CCC3)no2)cc1.N#Cc1ccc(C(=O)O)cc1. The normalized spacial score (nSPS) is 20.7. The van der Waals surface area contributed by atoms with Crippen LogP contribution < -0.4 is 11.1 Å². The largest absolute Gasteiger partial charge is 0.478 e. The Labute approximate surface area is 583 Å². The van der Waals surface area contributed by atoms with Crippen LogP contribution in [-0.4, -0.2) is 113 Å². The van der Waals surface area contributed by atoms with Crippen LogP contribution in [0.15, 0.2) is 178 Å². The Morgan fingerprint density at radius 2 is 0.950 bits per heavy atom. The van der Waals surface area contributed by atoms with Crippen molar-refractivity contribution < 1.29 is 43.2 Å². The number of nitrogens with zero attached hydrogens (tertiary/aromatic N) is 10. The molecule has 2 heterocycles. The van der Waals surface area contributed by atoms with Gasteiger partial charge in [0, 0.05) is 77.5 Å². The Morgan fingerprint density at radius 1 is 0.560 bits per heavy atom. The minimum atomic E-state index is -0.977. The van der Waals surface area contributed by atoms with Crippen LogP contribution in [-0.2, 0) is 20.3 Å². The molecule has 516 valence electrons. The van der Waals surface area contributed by atoms with Gasteiger partial charge >= 0.3 is 18.2 Å². The number of carboxylic acid groups (broad SMARTS) is 1. The van der Waals surface area contributed by atoms with Gasteiger partial charge in [-0.15, -0.1) is 0 Å². The zero-order valence-corrected chi connectivity index (χ0v) is 57.5. The topological polar surface area (TPSA) is 316 Å². The number of carbonyl (C=O) groups excluding carboxylic acids is 2. The molecule has 0 bridgehead atoms. The number of ether oxygens (including phenoxy) is 2. The first-order valence-electron chi connectivity index (χ1n) is 34.3. The number of nitrogens with two attached hydrogens (primary N) is 1. The van der Waals surface area contributed by atoms with Crippen LogP contribution >= 0.6 is 0 Å². The van der Waals surface area contributed by atoms with E-state index in [1.54, 1.807) is 29.2 Å². The molecule has 0 spiro atoms. The van der Waals surface area contributed by atoms with E-state index in [2.05, 4.69) is 87.5 Å². The summed E-state index contributed by atoms with van der Waals surface area (Å²) in [4.78, 5) is 49.7. The second-order valence-corrected chi connectivity index (χ2v) is 29.2. The summed E-state index contributed by atoms with van der Waals surface area (Å²) >= 11 is 0. The molecule has 6 fully saturated rings. The van der Waals surface area contributed by atoms with Crippen LogP contribution in [0.25, 0.3) is 22.9 Å². The fourth-order valence-electron chi connectivity index (χ4n) is 13.4. The highest BCUT2D eigenvalue weighted by atomic mass is 16.6. The van der Waals surface area contributed by atoms with Crippen molar-refractivity contribution >= 4 is 24.0 Å². The summed E-state index contributed by atoms with van der Waals surface area (Å²) in [6.45, 7) is 13.1. The summed E-state index contributed by atoms with van der Waals surface area (Å²) in [7, 11) is 0. The third-order valence-electron chi connectivity index (χ3n) is 19.9. The van der Waals surface area contributed by atoms with E-state index in [0.29, 0.717) is 71.2 Å². The van der Waals surface area contributed by atoms with E-state index in [-0.39, 0.29) is 46.5 Å². The number of oxime groups is 1. The molecule has 6 aliphatic rings. The quantitative estimate of drug-likeness (QED) is 0.0268. The van der Waals surface area contributed by atoms with Gasteiger partial charge in [-0.05, 0) is 189 Å². The van der Waals surface area contributed by atoms with E-state index in [1.165, 1.54) is 53.8 Å². The molecule has 0 saturated heterocycles. The number of hydrogen-bond donors (Lipinski definition) is 4. The number of aromatic carboxylic acids is 1. The van der Waals surface area contributed by atoms with Crippen molar-refractivity contribution in [3.63, 3.8) is 0 Å². The van der Waals surface area contributed by atoms with Crippen molar-refractivity contribution in [1.82, 2.24) is 35.4 Å². The minimum Gasteiger partial charge on any atom is -0.478 e. The average Bonchev–Trinajstić information content (AvgIpc) is 1.57. The van der Waals surface area contributed by atoms with Crippen LogP contribution in [0.4, 0.5) is 9.59 Å². The van der Waals surface area contributed by atoms with E-state index in [4.69, 9.17) is 55.1 Å². The fourth-order valence-corrected chi connectivity index (χ4v) is 13.4. The molecule has 21 heteroatoms. The maximum absolute atomic E-state index is 13.4. The molecule has 0 radical (unpaired) electrons. The van der Waals surface area contributed by atoms with Gasteiger partial charge in [-0.2, -0.15) is 25.8 Å². The summed E-state index contributed by atoms with van der Waals surface area (Å²) < 4.78 is 22.6. The van der Waals surface area contributed by atoms with E-state index in [1.807, 2.05) is 113 Å². The lowest BCUT2D eigenvalue weighted by Crippen LogP contribution is -2.53. The molecule has 8 aromatic rings. The second kappa shape index (κ2) is 30.2.